The van der Waals surface area contributed by atoms with E-state index < -0.39 is 71.6 Å². The summed E-state index contributed by atoms with van der Waals surface area (Å²) in [5, 5.41) is 1.31. The van der Waals surface area contributed by atoms with Gasteiger partial charge in [-0.05, 0) is 80.8 Å². The average Bonchev–Trinajstić information content (AvgIpc) is 3.71. The summed E-state index contributed by atoms with van der Waals surface area (Å²) in [5.41, 5.74) is -0.993. The number of fused-ring (bicyclic) bond motifs is 1. The molecule has 0 spiro atoms. The van der Waals surface area contributed by atoms with Gasteiger partial charge in [0.2, 0.25) is 5.28 Å². The number of amides is 2. The van der Waals surface area contributed by atoms with Gasteiger partial charge in [0.15, 0.2) is 35.4 Å². The molecule has 4 rings (SSSR count). The second-order valence-electron chi connectivity index (χ2n) is 14.8. The molecule has 19 heteroatoms. The second kappa shape index (κ2) is 15.9. The Balaban J connectivity index is 1.77. The standard InChI is InChI=1S/C33H45ClN6O11S/c1-12-45-26(41)22(18-14-52-16-36-18)46-13-19-17(2)21(48-30(44)51-33(9,10)11)25(47-19)39-15-35-20-23(39)37-27(34)38-24(20)40(28(42)49-31(3,4)5)29(43)50-32(6,7)8/h14-17,19,21-22,25H,12-13H2,1-11H3/t17-,19-,21-,22?,25-/m1/s1. The number of halogens is 1. The Hall–Kier alpha value is -4.13. The molecule has 0 N–H and O–H groups in total. The van der Waals surface area contributed by atoms with Crippen LogP contribution in [-0.2, 0) is 38.0 Å². The minimum atomic E-state index is -1.14. The second-order valence-corrected chi connectivity index (χ2v) is 15.8. The first-order valence-electron chi connectivity index (χ1n) is 16.5. The highest BCUT2D eigenvalue weighted by molar-refractivity contribution is 7.07. The zero-order valence-electron chi connectivity index (χ0n) is 31.0. The number of ether oxygens (including phenoxy) is 7. The maximum atomic E-state index is 13.5. The SMILES string of the molecule is CCOC(=O)C(OC[C@H]1O[C@@H](n2cnc3c(N(C(=O)OC(C)(C)C)C(=O)OC(C)(C)C)nc(Cl)nc32)[C@H](OC(=O)OC(C)(C)C)[C@@H]1C)c1cscn1. The van der Waals surface area contributed by atoms with Gasteiger partial charge < -0.3 is 33.2 Å². The zero-order valence-corrected chi connectivity index (χ0v) is 32.6. The van der Waals surface area contributed by atoms with Gasteiger partial charge in [0.1, 0.15) is 16.8 Å². The van der Waals surface area contributed by atoms with E-state index in [2.05, 4.69) is 19.9 Å². The number of rotatable bonds is 9. The van der Waals surface area contributed by atoms with E-state index in [0.29, 0.717) is 10.6 Å². The first-order valence-corrected chi connectivity index (χ1v) is 17.8. The molecule has 4 heterocycles. The summed E-state index contributed by atoms with van der Waals surface area (Å²) in [6.07, 6.45) is -5.93. The molecular formula is C33H45ClN6O11S. The lowest BCUT2D eigenvalue weighted by atomic mass is 10.0. The van der Waals surface area contributed by atoms with Gasteiger partial charge in [-0.25, -0.2) is 29.1 Å². The molecule has 0 bridgehead atoms. The first-order chi connectivity index (χ1) is 24.1. The van der Waals surface area contributed by atoms with Crippen molar-refractivity contribution >= 4 is 64.2 Å². The number of imide groups is 1. The minimum Gasteiger partial charge on any atom is -0.464 e. The zero-order chi connectivity index (χ0) is 38.8. The number of imidazole rings is 1. The summed E-state index contributed by atoms with van der Waals surface area (Å²) in [6.45, 7) is 18.3. The minimum absolute atomic E-state index is 0.00977. The summed E-state index contributed by atoms with van der Waals surface area (Å²) < 4.78 is 41.4. The van der Waals surface area contributed by atoms with Gasteiger partial charge in [-0.1, -0.05) is 6.92 Å². The van der Waals surface area contributed by atoms with Crippen LogP contribution in [0.15, 0.2) is 17.2 Å². The summed E-state index contributed by atoms with van der Waals surface area (Å²) in [5.74, 6) is -1.52. The summed E-state index contributed by atoms with van der Waals surface area (Å²) in [4.78, 5) is 70.6. The average molecular weight is 769 g/mol. The van der Waals surface area contributed by atoms with Crippen molar-refractivity contribution in [2.45, 2.75) is 118 Å². The topological polar surface area (TPSA) is 193 Å². The van der Waals surface area contributed by atoms with Crippen molar-refractivity contribution in [3.8, 4) is 0 Å². The molecule has 1 saturated heterocycles. The van der Waals surface area contributed by atoms with Crippen LogP contribution in [0.25, 0.3) is 11.2 Å². The molecule has 0 aliphatic carbocycles. The quantitative estimate of drug-likeness (QED) is 0.125. The molecule has 286 valence electrons. The fraction of sp³-hybridized carbons (Fsp3) is 0.636. The first kappa shape index (κ1) is 40.6. The fourth-order valence-corrected chi connectivity index (χ4v) is 5.66. The van der Waals surface area contributed by atoms with Gasteiger partial charge >= 0.3 is 24.3 Å². The van der Waals surface area contributed by atoms with Gasteiger partial charge in [-0.2, -0.15) is 14.9 Å². The molecule has 17 nitrogen and oxygen atoms in total. The van der Waals surface area contributed by atoms with Crippen molar-refractivity contribution in [3.63, 3.8) is 0 Å². The third kappa shape index (κ3) is 10.3. The largest absolute Gasteiger partial charge is 0.509 e. The number of anilines is 1. The van der Waals surface area contributed by atoms with Crippen LogP contribution in [0, 0.1) is 5.92 Å². The normalized spacial score (nSPS) is 19.9. The van der Waals surface area contributed by atoms with Crippen LogP contribution < -0.4 is 4.90 Å². The van der Waals surface area contributed by atoms with E-state index in [1.165, 1.54) is 22.2 Å². The van der Waals surface area contributed by atoms with E-state index in [4.69, 9.17) is 44.8 Å². The summed E-state index contributed by atoms with van der Waals surface area (Å²) >= 11 is 7.70. The number of hydrogen-bond acceptors (Lipinski definition) is 16. The Labute approximate surface area is 310 Å². The van der Waals surface area contributed by atoms with Crippen LogP contribution in [0.2, 0.25) is 5.28 Å². The van der Waals surface area contributed by atoms with Crippen molar-refractivity contribution in [2.24, 2.45) is 5.92 Å². The predicted octanol–water partition coefficient (Wildman–Crippen LogP) is 6.79. The molecule has 2 amide bonds. The van der Waals surface area contributed by atoms with Crippen molar-refractivity contribution in [1.82, 2.24) is 24.5 Å². The maximum Gasteiger partial charge on any atom is 0.509 e. The highest BCUT2D eigenvalue weighted by Gasteiger charge is 2.48. The van der Waals surface area contributed by atoms with Crippen molar-refractivity contribution in [3.05, 3.63) is 28.2 Å². The molecule has 52 heavy (non-hydrogen) atoms. The van der Waals surface area contributed by atoms with Crippen molar-refractivity contribution in [1.29, 1.82) is 0 Å². The lowest BCUT2D eigenvalue weighted by molar-refractivity contribution is -0.161. The molecule has 1 aliphatic rings. The number of aromatic nitrogens is 5. The Morgan fingerprint density at radius 1 is 0.962 bits per heavy atom. The Kier molecular flexibility index (Phi) is 12.4. The number of hydrogen-bond donors (Lipinski definition) is 0. The molecular weight excluding hydrogens is 724 g/mol. The van der Waals surface area contributed by atoms with Crippen LogP contribution in [0.5, 0.6) is 0 Å². The number of nitrogens with zero attached hydrogens (tertiary/aromatic N) is 6. The molecule has 0 radical (unpaired) electrons. The van der Waals surface area contributed by atoms with Gasteiger partial charge in [-0.3, -0.25) is 4.57 Å². The van der Waals surface area contributed by atoms with Crippen molar-refractivity contribution < 1.29 is 52.3 Å². The smallest absolute Gasteiger partial charge is 0.464 e. The number of carbonyl (C=O) groups excluding carboxylic acids is 4. The lowest BCUT2D eigenvalue weighted by Gasteiger charge is -2.28. The van der Waals surface area contributed by atoms with Crippen LogP contribution in [0.4, 0.5) is 20.2 Å². The van der Waals surface area contributed by atoms with E-state index in [-0.39, 0.29) is 35.5 Å². The van der Waals surface area contributed by atoms with Crippen LogP contribution >= 0.6 is 22.9 Å². The molecule has 0 saturated carbocycles. The molecule has 1 unspecified atom stereocenters. The number of thiazole rings is 1. The Morgan fingerprint density at radius 2 is 1.58 bits per heavy atom. The number of esters is 1. The molecule has 5 atom stereocenters. The Morgan fingerprint density at radius 3 is 2.12 bits per heavy atom. The highest BCUT2D eigenvalue weighted by atomic mass is 35.5. The summed E-state index contributed by atoms with van der Waals surface area (Å²) in [6, 6.07) is 0. The Bertz CT molecular complexity index is 1720. The van der Waals surface area contributed by atoms with Crippen LogP contribution in [0.1, 0.15) is 94.2 Å². The molecule has 3 aromatic rings. The van der Waals surface area contributed by atoms with E-state index in [9.17, 15) is 19.2 Å². The van der Waals surface area contributed by atoms with E-state index in [1.807, 2.05) is 0 Å². The van der Waals surface area contributed by atoms with Crippen LogP contribution in [0.3, 0.4) is 0 Å². The molecule has 1 fully saturated rings. The summed E-state index contributed by atoms with van der Waals surface area (Å²) in [7, 11) is 0. The molecule has 3 aromatic heterocycles. The highest BCUT2D eigenvalue weighted by Crippen LogP contribution is 2.40. The van der Waals surface area contributed by atoms with Gasteiger partial charge in [0.25, 0.3) is 0 Å². The van der Waals surface area contributed by atoms with Gasteiger partial charge in [0.05, 0.1) is 36.8 Å². The predicted molar refractivity (Wildman–Crippen MR) is 187 cm³/mol. The maximum absolute atomic E-state index is 13.5. The molecule has 1 aliphatic heterocycles. The van der Waals surface area contributed by atoms with Crippen molar-refractivity contribution in [2.75, 3.05) is 18.1 Å². The fourth-order valence-electron chi connectivity index (χ4n) is 4.93. The van der Waals surface area contributed by atoms with Crippen LogP contribution in [-0.4, -0.2) is 91.0 Å². The third-order valence-electron chi connectivity index (χ3n) is 6.98. The lowest BCUT2D eigenvalue weighted by Crippen LogP contribution is -2.44. The van der Waals surface area contributed by atoms with E-state index >= 15 is 0 Å². The number of carbonyl (C=O) groups is 4. The van der Waals surface area contributed by atoms with Gasteiger partial charge in [-0.15, -0.1) is 11.3 Å². The monoisotopic (exact) mass is 768 g/mol. The van der Waals surface area contributed by atoms with E-state index in [0.717, 1.165) is 0 Å². The van der Waals surface area contributed by atoms with E-state index in [1.54, 1.807) is 87.1 Å². The molecule has 0 aromatic carbocycles. The third-order valence-corrected chi connectivity index (χ3v) is 7.76. The van der Waals surface area contributed by atoms with Gasteiger partial charge in [0, 0.05) is 11.3 Å².